The van der Waals surface area contributed by atoms with E-state index in [4.69, 9.17) is 0 Å². The summed E-state index contributed by atoms with van der Waals surface area (Å²) >= 11 is 0. The average Bonchev–Trinajstić information content (AvgIpc) is 3.39. The summed E-state index contributed by atoms with van der Waals surface area (Å²) in [6.45, 7) is 3.99. The number of aryl methyl sites for hydroxylation is 1. The van der Waals surface area contributed by atoms with Gasteiger partial charge in [0.15, 0.2) is 0 Å². The number of benzene rings is 3. The zero-order valence-electron chi connectivity index (χ0n) is 20.8. The molecular weight excluding hydrogens is 471 g/mol. The maximum Gasteiger partial charge on any atom is 0.251 e. The van der Waals surface area contributed by atoms with E-state index in [2.05, 4.69) is 20.7 Å². The third-order valence-electron chi connectivity index (χ3n) is 6.05. The van der Waals surface area contributed by atoms with Crippen LogP contribution in [-0.4, -0.2) is 38.1 Å². The van der Waals surface area contributed by atoms with Gasteiger partial charge in [0.25, 0.3) is 5.91 Å². The van der Waals surface area contributed by atoms with Crippen LogP contribution in [0.4, 0.5) is 10.1 Å². The Balaban J connectivity index is 1.58. The van der Waals surface area contributed by atoms with Crippen LogP contribution in [0.25, 0.3) is 11.4 Å². The SMILES string of the molecule is CCc1ccc(N(C(=O)Cn2nnc(-c3ccccc3F)n2)C(CC)C(=O)NCc2ccccc2)cc1. The van der Waals surface area contributed by atoms with Gasteiger partial charge in [0.2, 0.25) is 11.7 Å². The van der Waals surface area contributed by atoms with Crippen LogP contribution in [0.5, 0.6) is 0 Å². The molecule has 0 radical (unpaired) electrons. The summed E-state index contributed by atoms with van der Waals surface area (Å²) in [6, 6.07) is 22.5. The van der Waals surface area contributed by atoms with E-state index in [-0.39, 0.29) is 29.7 Å². The number of carbonyl (C=O) groups excluding carboxylic acids is 2. The molecule has 9 heteroatoms. The molecule has 4 rings (SSSR count). The molecule has 0 fully saturated rings. The Morgan fingerprint density at radius 3 is 2.32 bits per heavy atom. The molecule has 0 aliphatic carbocycles. The molecule has 1 atom stereocenters. The van der Waals surface area contributed by atoms with Crippen molar-refractivity contribution < 1.29 is 14.0 Å². The Kier molecular flexibility index (Phi) is 8.35. The molecule has 1 aromatic heterocycles. The molecule has 0 aliphatic heterocycles. The second kappa shape index (κ2) is 12.0. The first-order chi connectivity index (χ1) is 18.0. The van der Waals surface area contributed by atoms with Crippen molar-refractivity contribution in [2.24, 2.45) is 0 Å². The van der Waals surface area contributed by atoms with E-state index < -0.39 is 11.9 Å². The van der Waals surface area contributed by atoms with Gasteiger partial charge in [-0.3, -0.25) is 14.5 Å². The van der Waals surface area contributed by atoms with E-state index in [0.29, 0.717) is 18.7 Å². The van der Waals surface area contributed by atoms with E-state index in [0.717, 1.165) is 22.3 Å². The number of rotatable bonds is 10. The van der Waals surface area contributed by atoms with Crippen molar-refractivity contribution >= 4 is 17.5 Å². The Morgan fingerprint density at radius 2 is 1.65 bits per heavy atom. The van der Waals surface area contributed by atoms with Crippen LogP contribution in [0.15, 0.2) is 78.9 Å². The first-order valence-electron chi connectivity index (χ1n) is 12.3. The Morgan fingerprint density at radius 1 is 0.946 bits per heavy atom. The van der Waals surface area contributed by atoms with Gasteiger partial charge in [-0.05, 0) is 53.4 Å². The predicted molar refractivity (Wildman–Crippen MR) is 139 cm³/mol. The maximum absolute atomic E-state index is 14.2. The van der Waals surface area contributed by atoms with Crippen molar-refractivity contribution in [3.63, 3.8) is 0 Å². The van der Waals surface area contributed by atoms with Gasteiger partial charge in [-0.15, -0.1) is 10.2 Å². The molecule has 0 spiro atoms. The predicted octanol–water partition coefficient (Wildman–Crippen LogP) is 4.17. The highest BCUT2D eigenvalue weighted by Gasteiger charge is 2.30. The molecule has 4 aromatic rings. The highest BCUT2D eigenvalue weighted by Crippen LogP contribution is 2.22. The van der Waals surface area contributed by atoms with E-state index in [9.17, 15) is 14.0 Å². The lowest BCUT2D eigenvalue weighted by Gasteiger charge is -2.30. The van der Waals surface area contributed by atoms with Crippen LogP contribution < -0.4 is 10.2 Å². The van der Waals surface area contributed by atoms with Gasteiger partial charge in [0.1, 0.15) is 18.4 Å². The average molecular weight is 501 g/mol. The van der Waals surface area contributed by atoms with Crippen molar-refractivity contribution in [2.75, 3.05) is 4.90 Å². The molecule has 8 nitrogen and oxygen atoms in total. The molecule has 1 N–H and O–H groups in total. The molecule has 0 saturated carbocycles. The molecule has 3 aromatic carbocycles. The van der Waals surface area contributed by atoms with E-state index in [1.807, 2.05) is 68.4 Å². The molecule has 1 heterocycles. The van der Waals surface area contributed by atoms with Crippen molar-refractivity contribution in [1.82, 2.24) is 25.5 Å². The lowest BCUT2D eigenvalue weighted by Crippen LogP contribution is -2.50. The fourth-order valence-electron chi connectivity index (χ4n) is 4.04. The van der Waals surface area contributed by atoms with Crippen LogP contribution in [0, 0.1) is 5.82 Å². The monoisotopic (exact) mass is 500 g/mol. The third kappa shape index (κ3) is 6.24. The van der Waals surface area contributed by atoms with Gasteiger partial charge in [-0.25, -0.2) is 4.39 Å². The summed E-state index contributed by atoms with van der Waals surface area (Å²) in [5.41, 5.74) is 2.87. The summed E-state index contributed by atoms with van der Waals surface area (Å²) < 4.78 is 14.2. The number of carbonyl (C=O) groups is 2. The quantitative estimate of drug-likeness (QED) is 0.353. The third-order valence-corrected chi connectivity index (χ3v) is 6.05. The molecule has 0 bridgehead atoms. The second-order valence-corrected chi connectivity index (χ2v) is 8.53. The standard InChI is InChI=1S/C28H29FN6O2/c1-3-20-14-16-22(17-15-20)35(25(4-2)28(37)30-18-21-10-6-5-7-11-21)26(36)19-34-32-27(31-33-34)23-12-8-9-13-24(23)29/h5-17,25H,3-4,18-19H2,1-2H3,(H,30,37). The number of tetrazole rings is 1. The second-order valence-electron chi connectivity index (χ2n) is 8.53. The van der Waals surface area contributed by atoms with Gasteiger partial charge in [0.05, 0.1) is 5.56 Å². The minimum Gasteiger partial charge on any atom is -0.350 e. The molecule has 37 heavy (non-hydrogen) atoms. The van der Waals surface area contributed by atoms with Crippen LogP contribution in [0.1, 0.15) is 31.4 Å². The Labute approximate surface area is 215 Å². The van der Waals surface area contributed by atoms with Crippen molar-refractivity contribution in [3.8, 4) is 11.4 Å². The number of hydrogen-bond donors (Lipinski definition) is 1. The van der Waals surface area contributed by atoms with Gasteiger partial charge in [-0.1, -0.05) is 68.4 Å². The number of nitrogens with zero attached hydrogens (tertiary/aromatic N) is 5. The van der Waals surface area contributed by atoms with Crippen LogP contribution in [-0.2, 0) is 29.1 Å². The normalized spacial score (nSPS) is 11.6. The van der Waals surface area contributed by atoms with Gasteiger partial charge >= 0.3 is 0 Å². The van der Waals surface area contributed by atoms with E-state index in [1.54, 1.807) is 18.2 Å². The van der Waals surface area contributed by atoms with Crippen LogP contribution >= 0.6 is 0 Å². The maximum atomic E-state index is 14.2. The Hall–Kier alpha value is -4.40. The van der Waals surface area contributed by atoms with Crippen molar-refractivity contribution in [3.05, 3.63) is 95.8 Å². The number of halogens is 1. The minimum absolute atomic E-state index is 0.0809. The number of nitrogens with one attached hydrogen (secondary N) is 1. The molecule has 0 aliphatic rings. The topological polar surface area (TPSA) is 93.0 Å². The lowest BCUT2D eigenvalue weighted by molar-refractivity contribution is -0.127. The van der Waals surface area contributed by atoms with Crippen molar-refractivity contribution in [2.45, 2.75) is 45.8 Å². The van der Waals surface area contributed by atoms with Crippen LogP contribution in [0.3, 0.4) is 0 Å². The van der Waals surface area contributed by atoms with Gasteiger partial charge in [0, 0.05) is 12.2 Å². The molecule has 1 unspecified atom stereocenters. The summed E-state index contributed by atoms with van der Waals surface area (Å²) in [7, 11) is 0. The first-order valence-corrected chi connectivity index (χ1v) is 12.3. The van der Waals surface area contributed by atoms with Gasteiger partial charge < -0.3 is 5.32 Å². The lowest BCUT2D eigenvalue weighted by atomic mass is 10.1. The smallest absolute Gasteiger partial charge is 0.251 e. The van der Waals surface area contributed by atoms with E-state index >= 15 is 0 Å². The fourth-order valence-corrected chi connectivity index (χ4v) is 4.04. The number of hydrogen-bond acceptors (Lipinski definition) is 5. The van der Waals surface area contributed by atoms with Gasteiger partial charge in [-0.2, -0.15) is 4.80 Å². The highest BCUT2D eigenvalue weighted by molar-refractivity contribution is 6.00. The largest absolute Gasteiger partial charge is 0.350 e. The number of anilines is 1. The van der Waals surface area contributed by atoms with Crippen molar-refractivity contribution in [1.29, 1.82) is 0 Å². The molecule has 2 amide bonds. The van der Waals surface area contributed by atoms with E-state index in [1.165, 1.54) is 11.0 Å². The molecule has 190 valence electrons. The molecular formula is C28H29FN6O2. The first kappa shape index (κ1) is 25.7. The van der Waals surface area contributed by atoms with Crippen LogP contribution in [0.2, 0.25) is 0 Å². The number of amides is 2. The highest BCUT2D eigenvalue weighted by atomic mass is 19.1. The fraction of sp³-hybridized carbons (Fsp3) is 0.250. The zero-order valence-corrected chi connectivity index (χ0v) is 20.8. The Bertz CT molecular complexity index is 1340. The zero-order chi connectivity index (χ0) is 26.2. The summed E-state index contributed by atoms with van der Waals surface area (Å²) in [6.07, 6.45) is 1.25. The minimum atomic E-state index is -0.752. The number of aromatic nitrogens is 4. The summed E-state index contributed by atoms with van der Waals surface area (Å²) in [5.74, 6) is -1.05. The molecule has 0 saturated heterocycles. The summed E-state index contributed by atoms with van der Waals surface area (Å²) in [4.78, 5) is 29.5. The summed E-state index contributed by atoms with van der Waals surface area (Å²) in [5, 5.41) is 15.0.